The summed E-state index contributed by atoms with van der Waals surface area (Å²) in [5.74, 6) is 0. The van der Waals surface area contributed by atoms with Crippen molar-refractivity contribution in [1.82, 2.24) is 0 Å². The molecular formula is C32H32BNO. The maximum atomic E-state index is 6.49. The Morgan fingerprint density at radius 1 is 0.657 bits per heavy atom. The molecule has 1 heterocycles. The fraction of sp³-hybridized carbons (Fsp3) is 0.250. The van der Waals surface area contributed by atoms with Crippen LogP contribution in [0.5, 0.6) is 0 Å². The van der Waals surface area contributed by atoms with E-state index in [1.165, 1.54) is 33.4 Å². The van der Waals surface area contributed by atoms with E-state index in [0.717, 1.165) is 24.1 Å². The zero-order chi connectivity index (χ0) is 24.2. The van der Waals surface area contributed by atoms with Gasteiger partial charge in [0.2, 0.25) is 0 Å². The first-order chi connectivity index (χ1) is 16.8. The molecule has 1 aliphatic carbocycles. The summed E-state index contributed by atoms with van der Waals surface area (Å²) < 4.78 is 6.49. The molecule has 0 N–H and O–H groups in total. The molecule has 0 amide bonds. The van der Waals surface area contributed by atoms with Crippen molar-refractivity contribution in [2.45, 2.75) is 46.0 Å². The predicted molar refractivity (Wildman–Crippen MR) is 149 cm³/mol. The summed E-state index contributed by atoms with van der Waals surface area (Å²) in [5.41, 5.74) is 10.3. The maximum absolute atomic E-state index is 6.49. The van der Waals surface area contributed by atoms with E-state index in [1.807, 2.05) is 0 Å². The second-order valence-corrected chi connectivity index (χ2v) is 11.1. The maximum Gasteiger partial charge on any atom is 0.327 e. The minimum absolute atomic E-state index is 0.131. The first-order valence-electron chi connectivity index (χ1n) is 12.7. The molecule has 0 radical (unpaired) electrons. The molecule has 4 aromatic carbocycles. The van der Waals surface area contributed by atoms with Crippen LogP contribution < -0.4 is 10.4 Å². The lowest BCUT2D eigenvalue weighted by Gasteiger charge is -2.34. The highest BCUT2D eigenvalue weighted by atomic mass is 16.5. The number of nitrogens with zero attached hydrogens (tertiary/aromatic N) is 1. The van der Waals surface area contributed by atoms with Crippen molar-refractivity contribution in [3.63, 3.8) is 0 Å². The van der Waals surface area contributed by atoms with Gasteiger partial charge in [-0.15, -0.1) is 0 Å². The molecule has 0 saturated carbocycles. The van der Waals surface area contributed by atoms with Crippen LogP contribution in [-0.2, 0) is 11.1 Å². The van der Waals surface area contributed by atoms with Gasteiger partial charge in [-0.3, -0.25) is 0 Å². The Morgan fingerprint density at radius 2 is 1.29 bits per heavy atom. The van der Waals surface area contributed by atoms with Gasteiger partial charge in [0.15, 0.2) is 0 Å². The Bertz CT molecular complexity index is 1360. The summed E-state index contributed by atoms with van der Waals surface area (Å²) in [6.07, 6.45) is 2.03. The number of rotatable bonds is 4. The van der Waals surface area contributed by atoms with Gasteiger partial charge in [-0.2, -0.15) is 0 Å². The molecular weight excluding hydrogens is 425 g/mol. The standard InChI is InChI=1S/C32H32BNO/c1-31(2)22-33(35-32(31,3)4)25-14-16-27(17-15-25)34(26-11-6-5-7-12-26)28-18-19-30-24(21-28)20-23-10-8-9-13-29(23)30/h5-19,21H,20,22H2,1-4H3. The van der Waals surface area contributed by atoms with Crippen LogP contribution in [-0.4, -0.2) is 12.5 Å². The molecule has 174 valence electrons. The van der Waals surface area contributed by atoms with Crippen LogP contribution in [0.4, 0.5) is 17.1 Å². The van der Waals surface area contributed by atoms with Gasteiger partial charge < -0.3 is 9.55 Å². The normalized spacial score (nSPS) is 17.2. The second kappa shape index (κ2) is 8.14. The van der Waals surface area contributed by atoms with Gasteiger partial charge in [0.05, 0.1) is 5.60 Å². The first kappa shape index (κ1) is 22.2. The molecule has 4 aromatic rings. The number of benzene rings is 4. The summed E-state index contributed by atoms with van der Waals surface area (Å²) in [4.78, 5) is 2.36. The van der Waals surface area contributed by atoms with Gasteiger partial charge in [-0.05, 0) is 96.1 Å². The monoisotopic (exact) mass is 457 g/mol. The smallest absolute Gasteiger partial charge is 0.327 e. The van der Waals surface area contributed by atoms with Crippen LogP contribution in [0.1, 0.15) is 38.8 Å². The van der Waals surface area contributed by atoms with E-state index < -0.39 is 0 Å². The van der Waals surface area contributed by atoms with Crippen molar-refractivity contribution in [2.24, 2.45) is 5.41 Å². The lowest BCUT2D eigenvalue weighted by atomic mass is 9.54. The molecule has 6 rings (SSSR count). The van der Waals surface area contributed by atoms with Crippen LogP contribution >= 0.6 is 0 Å². The molecule has 0 aromatic heterocycles. The first-order valence-corrected chi connectivity index (χ1v) is 12.7. The highest BCUT2D eigenvalue weighted by Gasteiger charge is 2.49. The Morgan fingerprint density at radius 3 is 2.00 bits per heavy atom. The van der Waals surface area contributed by atoms with Crippen LogP contribution in [0, 0.1) is 5.41 Å². The van der Waals surface area contributed by atoms with Crippen molar-refractivity contribution < 1.29 is 4.65 Å². The van der Waals surface area contributed by atoms with Crippen molar-refractivity contribution in [3.05, 3.63) is 108 Å². The van der Waals surface area contributed by atoms with E-state index in [4.69, 9.17) is 4.65 Å². The van der Waals surface area contributed by atoms with Gasteiger partial charge in [0, 0.05) is 17.1 Å². The lowest BCUT2D eigenvalue weighted by Crippen LogP contribution is -2.36. The quantitative estimate of drug-likeness (QED) is 0.256. The SMILES string of the molecule is CC1(C)CB(c2ccc(N(c3ccccc3)c3ccc4c(c3)Cc3ccccc3-4)cc2)OC1(C)C. The third-order valence-corrected chi connectivity index (χ3v) is 8.34. The summed E-state index contributed by atoms with van der Waals surface area (Å²) in [7, 11) is 0. The van der Waals surface area contributed by atoms with E-state index in [-0.39, 0.29) is 17.9 Å². The van der Waals surface area contributed by atoms with Crippen LogP contribution in [0.3, 0.4) is 0 Å². The van der Waals surface area contributed by atoms with Gasteiger partial charge >= 0.3 is 6.92 Å². The molecule has 0 spiro atoms. The van der Waals surface area contributed by atoms with Crippen molar-refractivity contribution in [3.8, 4) is 11.1 Å². The van der Waals surface area contributed by atoms with Gasteiger partial charge in [0.1, 0.15) is 0 Å². The Labute approximate surface area is 209 Å². The van der Waals surface area contributed by atoms with E-state index in [2.05, 4.69) is 130 Å². The molecule has 0 unspecified atom stereocenters. The number of hydrogen-bond acceptors (Lipinski definition) is 2. The number of fused-ring (bicyclic) bond motifs is 3. The van der Waals surface area contributed by atoms with Crippen LogP contribution in [0.2, 0.25) is 6.32 Å². The van der Waals surface area contributed by atoms with Gasteiger partial charge in [-0.1, -0.05) is 74.5 Å². The summed E-state index contributed by atoms with van der Waals surface area (Å²) >= 11 is 0. The number of hydrogen-bond donors (Lipinski definition) is 0. The minimum Gasteiger partial charge on any atom is -0.426 e. The third-order valence-electron chi connectivity index (χ3n) is 8.34. The molecule has 2 aliphatic rings. The molecule has 0 bridgehead atoms. The highest BCUT2D eigenvalue weighted by Crippen LogP contribution is 2.45. The summed E-state index contributed by atoms with van der Waals surface area (Å²) in [5, 5.41) is 0. The molecule has 1 fully saturated rings. The molecule has 35 heavy (non-hydrogen) atoms. The number of para-hydroxylation sites is 1. The second-order valence-electron chi connectivity index (χ2n) is 11.1. The average Bonchev–Trinajstić information content (AvgIpc) is 3.33. The summed E-state index contributed by atoms with van der Waals surface area (Å²) in [6.45, 7) is 9.18. The van der Waals surface area contributed by atoms with E-state index in [1.54, 1.807) is 0 Å². The highest BCUT2D eigenvalue weighted by molar-refractivity contribution is 6.68. The fourth-order valence-electron chi connectivity index (χ4n) is 5.58. The molecule has 1 saturated heterocycles. The van der Waals surface area contributed by atoms with Crippen molar-refractivity contribution in [2.75, 3.05) is 4.90 Å². The lowest BCUT2D eigenvalue weighted by molar-refractivity contribution is 0.0375. The van der Waals surface area contributed by atoms with Crippen LogP contribution in [0.15, 0.2) is 97.1 Å². The van der Waals surface area contributed by atoms with Gasteiger partial charge in [0.25, 0.3) is 0 Å². The van der Waals surface area contributed by atoms with Crippen molar-refractivity contribution in [1.29, 1.82) is 0 Å². The van der Waals surface area contributed by atoms with Crippen LogP contribution in [0.25, 0.3) is 11.1 Å². The largest absolute Gasteiger partial charge is 0.426 e. The molecule has 2 nitrogen and oxygen atoms in total. The fourth-order valence-corrected chi connectivity index (χ4v) is 5.58. The zero-order valence-electron chi connectivity index (χ0n) is 21.1. The minimum atomic E-state index is -0.131. The molecule has 0 atom stereocenters. The number of anilines is 3. The molecule has 3 heteroatoms. The van der Waals surface area contributed by atoms with E-state index in [0.29, 0.717) is 0 Å². The molecule has 1 aliphatic heterocycles. The Hall–Kier alpha value is -3.30. The summed E-state index contributed by atoms with van der Waals surface area (Å²) in [6, 6.07) is 35.3. The van der Waals surface area contributed by atoms with E-state index >= 15 is 0 Å². The zero-order valence-corrected chi connectivity index (χ0v) is 21.1. The van der Waals surface area contributed by atoms with E-state index in [9.17, 15) is 0 Å². The Balaban J connectivity index is 1.36. The predicted octanol–water partition coefficient (Wildman–Crippen LogP) is 7.76. The average molecular weight is 457 g/mol. The van der Waals surface area contributed by atoms with Crippen molar-refractivity contribution >= 4 is 29.4 Å². The third kappa shape index (κ3) is 3.79. The Kier molecular flexibility index (Phi) is 5.16. The topological polar surface area (TPSA) is 12.5 Å². The van der Waals surface area contributed by atoms with Gasteiger partial charge in [-0.25, -0.2) is 0 Å².